The van der Waals surface area contributed by atoms with Gasteiger partial charge in [0.15, 0.2) is 0 Å². The highest BCUT2D eigenvalue weighted by molar-refractivity contribution is 6.30. The third-order valence-electron chi connectivity index (χ3n) is 2.97. The Kier molecular flexibility index (Phi) is 3.66. The van der Waals surface area contributed by atoms with E-state index in [0.717, 1.165) is 25.8 Å². The standard InChI is InChI=1S/C12H15ClFNO/c1-16-10-6-5-8(13)12(14)11(10)9-4-2-3-7-15-9/h5-6,9,15H,2-4,7H2,1H3. The van der Waals surface area contributed by atoms with Gasteiger partial charge in [-0.1, -0.05) is 18.0 Å². The predicted molar refractivity (Wildman–Crippen MR) is 62.6 cm³/mol. The summed E-state index contributed by atoms with van der Waals surface area (Å²) in [5.74, 6) is 0.210. The molecule has 1 aliphatic rings. The molecule has 0 aliphatic carbocycles. The van der Waals surface area contributed by atoms with Gasteiger partial charge < -0.3 is 10.1 Å². The number of rotatable bonds is 2. The highest BCUT2D eigenvalue weighted by Gasteiger charge is 2.23. The molecular weight excluding hydrogens is 229 g/mol. The first-order valence-electron chi connectivity index (χ1n) is 5.49. The van der Waals surface area contributed by atoms with Crippen LogP contribution in [0.25, 0.3) is 0 Å². The van der Waals surface area contributed by atoms with Gasteiger partial charge in [0.25, 0.3) is 0 Å². The van der Waals surface area contributed by atoms with Gasteiger partial charge in [0.1, 0.15) is 11.6 Å². The largest absolute Gasteiger partial charge is 0.496 e. The average molecular weight is 244 g/mol. The van der Waals surface area contributed by atoms with Gasteiger partial charge in [-0.25, -0.2) is 4.39 Å². The van der Waals surface area contributed by atoms with Crippen molar-refractivity contribution in [2.24, 2.45) is 0 Å². The quantitative estimate of drug-likeness (QED) is 0.861. The van der Waals surface area contributed by atoms with E-state index in [-0.39, 0.29) is 16.9 Å². The van der Waals surface area contributed by atoms with Crippen LogP contribution in [0, 0.1) is 5.82 Å². The van der Waals surface area contributed by atoms with Crippen molar-refractivity contribution in [2.45, 2.75) is 25.3 Å². The molecule has 0 radical (unpaired) electrons. The van der Waals surface area contributed by atoms with Crippen molar-refractivity contribution in [2.75, 3.05) is 13.7 Å². The summed E-state index contributed by atoms with van der Waals surface area (Å²) in [6, 6.07) is 3.27. The lowest BCUT2D eigenvalue weighted by atomic mass is 9.96. The van der Waals surface area contributed by atoms with Crippen molar-refractivity contribution >= 4 is 11.6 Å². The maximum atomic E-state index is 14.0. The molecule has 1 atom stereocenters. The van der Waals surface area contributed by atoms with Crippen LogP contribution in [0.2, 0.25) is 5.02 Å². The van der Waals surface area contributed by atoms with Crippen LogP contribution in [0.3, 0.4) is 0 Å². The summed E-state index contributed by atoms with van der Waals surface area (Å²) in [5, 5.41) is 3.46. The summed E-state index contributed by atoms with van der Waals surface area (Å²) in [6.45, 7) is 0.916. The Morgan fingerprint density at radius 1 is 1.44 bits per heavy atom. The molecule has 1 heterocycles. The number of hydrogen-bond acceptors (Lipinski definition) is 2. The Hall–Kier alpha value is -0.800. The number of hydrogen-bond donors (Lipinski definition) is 1. The van der Waals surface area contributed by atoms with Crippen molar-refractivity contribution in [3.8, 4) is 5.75 Å². The third-order valence-corrected chi connectivity index (χ3v) is 3.26. The van der Waals surface area contributed by atoms with Gasteiger partial charge in [0.05, 0.1) is 12.1 Å². The minimum atomic E-state index is -0.361. The molecular formula is C12H15ClFNO. The van der Waals surface area contributed by atoms with Gasteiger partial charge >= 0.3 is 0 Å². The second-order valence-corrected chi connectivity index (χ2v) is 4.39. The normalized spacial score (nSPS) is 20.8. The number of ether oxygens (including phenoxy) is 1. The second-order valence-electron chi connectivity index (χ2n) is 3.98. The smallest absolute Gasteiger partial charge is 0.150 e. The minimum Gasteiger partial charge on any atom is -0.496 e. The van der Waals surface area contributed by atoms with E-state index >= 15 is 0 Å². The van der Waals surface area contributed by atoms with Crippen molar-refractivity contribution < 1.29 is 9.13 Å². The third kappa shape index (κ3) is 2.15. The molecule has 0 spiro atoms. The number of benzene rings is 1. The van der Waals surface area contributed by atoms with Crippen LogP contribution in [0.1, 0.15) is 30.9 Å². The zero-order valence-electron chi connectivity index (χ0n) is 9.22. The first-order chi connectivity index (χ1) is 7.74. The van der Waals surface area contributed by atoms with Gasteiger partial charge in [-0.15, -0.1) is 0 Å². The van der Waals surface area contributed by atoms with Crippen LogP contribution in [0.5, 0.6) is 5.75 Å². The molecule has 0 aromatic heterocycles. The summed E-state index contributed by atoms with van der Waals surface area (Å²) in [7, 11) is 1.55. The first-order valence-corrected chi connectivity index (χ1v) is 5.87. The fraction of sp³-hybridized carbons (Fsp3) is 0.500. The van der Waals surface area contributed by atoms with E-state index < -0.39 is 0 Å². The van der Waals surface area contributed by atoms with Crippen molar-refractivity contribution in [3.63, 3.8) is 0 Å². The molecule has 4 heteroatoms. The Morgan fingerprint density at radius 2 is 2.25 bits per heavy atom. The lowest BCUT2D eigenvalue weighted by Gasteiger charge is -2.25. The van der Waals surface area contributed by atoms with E-state index in [0.29, 0.717) is 11.3 Å². The topological polar surface area (TPSA) is 21.3 Å². The van der Waals surface area contributed by atoms with Crippen molar-refractivity contribution in [1.29, 1.82) is 0 Å². The van der Waals surface area contributed by atoms with E-state index in [1.807, 2.05) is 0 Å². The molecule has 1 aliphatic heterocycles. The van der Waals surface area contributed by atoms with Crippen LogP contribution >= 0.6 is 11.6 Å². The van der Waals surface area contributed by atoms with E-state index in [4.69, 9.17) is 16.3 Å². The second kappa shape index (κ2) is 5.02. The number of halogens is 2. The molecule has 88 valence electrons. The SMILES string of the molecule is COc1ccc(Cl)c(F)c1C1CCCCN1. The monoisotopic (exact) mass is 243 g/mol. The Bertz CT molecular complexity index is 378. The van der Waals surface area contributed by atoms with E-state index in [1.165, 1.54) is 6.07 Å². The van der Waals surface area contributed by atoms with E-state index in [9.17, 15) is 4.39 Å². The Balaban J connectivity index is 2.39. The maximum Gasteiger partial charge on any atom is 0.150 e. The van der Waals surface area contributed by atoms with Crippen LogP contribution in [-0.4, -0.2) is 13.7 Å². The van der Waals surface area contributed by atoms with Crippen LogP contribution < -0.4 is 10.1 Å². The molecule has 0 saturated carbocycles. The predicted octanol–water partition coefficient (Wildman–Crippen LogP) is 3.30. The molecule has 1 fully saturated rings. The van der Waals surface area contributed by atoms with Crippen molar-refractivity contribution in [3.05, 3.63) is 28.5 Å². The average Bonchev–Trinajstić information content (AvgIpc) is 2.33. The van der Waals surface area contributed by atoms with E-state index in [1.54, 1.807) is 13.2 Å². The van der Waals surface area contributed by atoms with Crippen LogP contribution in [-0.2, 0) is 0 Å². The first kappa shape index (κ1) is 11.7. The zero-order chi connectivity index (χ0) is 11.5. The molecule has 0 amide bonds. The number of nitrogens with one attached hydrogen (secondary N) is 1. The van der Waals surface area contributed by atoms with E-state index in [2.05, 4.69) is 5.32 Å². The highest BCUT2D eigenvalue weighted by atomic mass is 35.5. The molecule has 2 nitrogen and oxygen atoms in total. The lowest BCUT2D eigenvalue weighted by molar-refractivity contribution is 0.362. The summed E-state index contributed by atoms with van der Waals surface area (Å²) >= 11 is 5.80. The molecule has 1 saturated heterocycles. The summed E-state index contributed by atoms with van der Waals surface area (Å²) in [6.07, 6.45) is 3.17. The van der Waals surface area contributed by atoms with Gasteiger partial charge in [-0.05, 0) is 31.5 Å². The highest BCUT2D eigenvalue weighted by Crippen LogP contribution is 2.35. The molecule has 16 heavy (non-hydrogen) atoms. The van der Waals surface area contributed by atoms with Gasteiger partial charge in [0.2, 0.25) is 0 Å². The zero-order valence-corrected chi connectivity index (χ0v) is 9.98. The molecule has 1 unspecified atom stereocenters. The molecule has 1 aromatic carbocycles. The fourth-order valence-electron chi connectivity index (χ4n) is 2.15. The lowest BCUT2D eigenvalue weighted by Crippen LogP contribution is -2.28. The molecule has 0 bridgehead atoms. The van der Waals surface area contributed by atoms with Crippen LogP contribution in [0.4, 0.5) is 4.39 Å². The summed E-state index contributed by atoms with van der Waals surface area (Å²) in [5.41, 5.74) is 0.565. The maximum absolute atomic E-state index is 14.0. The molecule has 2 rings (SSSR count). The van der Waals surface area contributed by atoms with Crippen molar-refractivity contribution in [1.82, 2.24) is 5.32 Å². The Labute approximate surface area is 99.7 Å². The Morgan fingerprint density at radius 3 is 2.88 bits per heavy atom. The summed E-state index contributed by atoms with van der Waals surface area (Å²) < 4.78 is 19.2. The molecule has 1 N–H and O–H groups in total. The number of methoxy groups -OCH3 is 1. The summed E-state index contributed by atoms with van der Waals surface area (Å²) in [4.78, 5) is 0. The molecule has 1 aromatic rings. The van der Waals surface area contributed by atoms with Gasteiger partial charge in [-0.2, -0.15) is 0 Å². The van der Waals surface area contributed by atoms with Gasteiger partial charge in [-0.3, -0.25) is 0 Å². The minimum absolute atomic E-state index is 0.0161. The number of piperidine rings is 1. The van der Waals surface area contributed by atoms with Crippen LogP contribution in [0.15, 0.2) is 12.1 Å². The fourth-order valence-corrected chi connectivity index (χ4v) is 2.31. The van der Waals surface area contributed by atoms with Gasteiger partial charge in [0, 0.05) is 11.6 Å².